The molecule has 1 heterocycles. The number of halogens is 4. The highest BCUT2D eigenvalue weighted by Crippen LogP contribution is 2.31. The lowest BCUT2D eigenvalue weighted by Gasteiger charge is -2.15. The molecule has 0 bridgehead atoms. The summed E-state index contributed by atoms with van der Waals surface area (Å²) in [6, 6.07) is 12.3. The number of carbonyl (C=O) groups is 1. The fourth-order valence-corrected chi connectivity index (χ4v) is 3.01. The summed E-state index contributed by atoms with van der Waals surface area (Å²) in [5.41, 5.74) is 1.29. The van der Waals surface area contributed by atoms with Crippen LogP contribution in [0.2, 0.25) is 0 Å². The van der Waals surface area contributed by atoms with Crippen molar-refractivity contribution >= 4 is 17.4 Å². The summed E-state index contributed by atoms with van der Waals surface area (Å²) < 4.78 is 51.8. The van der Waals surface area contributed by atoms with Crippen molar-refractivity contribution in [1.29, 1.82) is 0 Å². The van der Waals surface area contributed by atoms with Crippen LogP contribution in [0, 0.1) is 5.82 Å². The molecule has 1 aromatic heterocycles. The second-order valence-electron chi connectivity index (χ2n) is 7.32. The van der Waals surface area contributed by atoms with Crippen LogP contribution >= 0.6 is 0 Å². The number of benzene rings is 2. The summed E-state index contributed by atoms with van der Waals surface area (Å²) in [6.07, 6.45) is -3.05. The molecule has 2 N–H and O–H groups in total. The molecule has 0 radical (unpaired) electrons. The zero-order valence-corrected chi connectivity index (χ0v) is 16.9. The Morgan fingerprint density at radius 3 is 2.42 bits per heavy atom. The van der Waals surface area contributed by atoms with Gasteiger partial charge in [0.2, 0.25) is 0 Å². The molecule has 4 nitrogen and oxygen atoms in total. The minimum atomic E-state index is -4.44. The fourth-order valence-electron chi connectivity index (χ4n) is 3.01. The summed E-state index contributed by atoms with van der Waals surface area (Å²) in [6.45, 7) is 4.03. The van der Waals surface area contributed by atoms with E-state index in [-0.39, 0.29) is 29.9 Å². The molecule has 0 fully saturated rings. The molecule has 162 valence electrons. The van der Waals surface area contributed by atoms with Gasteiger partial charge in [0.05, 0.1) is 11.1 Å². The number of aromatic nitrogens is 1. The van der Waals surface area contributed by atoms with E-state index in [0.29, 0.717) is 16.9 Å². The maximum absolute atomic E-state index is 13.0. The second-order valence-corrected chi connectivity index (χ2v) is 7.32. The lowest BCUT2D eigenvalue weighted by Crippen LogP contribution is -2.24. The Balaban J connectivity index is 1.78. The van der Waals surface area contributed by atoms with E-state index < -0.39 is 11.7 Å². The number of hydrogen-bond acceptors (Lipinski definition) is 3. The van der Waals surface area contributed by atoms with Crippen LogP contribution in [0.25, 0.3) is 0 Å². The van der Waals surface area contributed by atoms with Crippen molar-refractivity contribution in [1.82, 2.24) is 10.3 Å². The molecule has 2 aromatic carbocycles. The number of amides is 1. The summed E-state index contributed by atoms with van der Waals surface area (Å²) in [7, 11) is 0. The molecule has 8 heteroatoms. The van der Waals surface area contributed by atoms with Crippen LogP contribution in [0.3, 0.4) is 0 Å². The molecule has 0 spiro atoms. The van der Waals surface area contributed by atoms with Crippen LogP contribution in [0.1, 0.15) is 46.8 Å². The predicted octanol–water partition coefficient (Wildman–Crippen LogP) is 6.04. The molecule has 0 aliphatic rings. The third-order valence-corrected chi connectivity index (χ3v) is 4.63. The number of carbonyl (C=O) groups excluding carboxylic acids is 1. The molecule has 0 saturated carbocycles. The van der Waals surface area contributed by atoms with E-state index in [2.05, 4.69) is 15.6 Å². The zero-order valence-electron chi connectivity index (χ0n) is 16.9. The highest BCUT2D eigenvalue weighted by atomic mass is 19.4. The molecule has 3 aromatic rings. The summed E-state index contributed by atoms with van der Waals surface area (Å²) >= 11 is 0. The van der Waals surface area contributed by atoms with Crippen molar-refractivity contribution in [3.05, 3.63) is 88.9 Å². The van der Waals surface area contributed by atoms with Gasteiger partial charge >= 0.3 is 6.18 Å². The Morgan fingerprint density at radius 2 is 1.77 bits per heavy atom. The van der Waals surface area contributed by atoms with Crippen molar-refractivity contribution in [2.75, 3.05) is 5.32 Å². The molecule has 31 heavy (non-hydrogen) atoms. The van der Waals surface area contributed by atoms with Gasteiger partial charge in [0.1, 0.15) is 11.6 Å². The minimum Gasteiger partial charge on any atom is -0.348 e. The van der Waals surface area contributed by atoms with Crippen molar-refractivity contribution in [3.63, 3.8) is 0 Å². The van der Waals surface area contributed by atoms with E-state index in [0.717, 1.165) is 17.7 Å². The molecule has 0 unspecified atom stereocenters. The van der Waals surface area contributed by atoms with Gasteiger partial charge in [0.15, 0.2) is 0 Å². The van der Waals surface area contributed by atoms with E-state index in [1.807, 2.05) is 13.8 Å². The molecule has 3 rings (SSSR count). The quantitative estimate of drug-likeness (QED) is 0.468. The summed E-state index contributed by atoms with van der Waals surface area (Å²) in [5.74, 6) is -0.397. The highest BCUT2D eigenvalue weighted by molar-refractivity contribution is 5.95. The van der Waals surface area contributed by atoms with Crippen LogP contribution in [0.5, 0.6) is 0 Å². The predicted molar refractivity (Wildman–Crippen MR) is 111 cm³/mol. The van der Waals surface area contributed by atoms with E-state index in [9.17, 15) is 22.4 Å². The molecule has 1 amide bonds. The first-order chi connectivity index (χ1) is 14.6. The van der Waals surface area contributed by atoms with Gasteiger partial charge in [-0.1, -0.05) is 32.0 Å². The summed E-state index contributed by atoms with van der Waals surface area (Å²) in [5, 5.41) is 5.64. The molecular weight excluding hydrogens is 410 g/mol. The van der Waals surface area contributed by atoms with Crippen LogP contribution in [-0.4, -0.2) is 10.9 Å². The number of nitrogens with one attached hydrogen (secondary N) is 2. The number of pyridine rings is 1. The fraction of sp³-hybridized carbons (Fsp3) is 0.217. The number of hydrogen-bond donors (Lipinski definition) is 2. The SMILES string of the molecule is CC(C)c1cc(Nc2cccc(C(F)(F)F)c2)ncc1C(=O)NCc1ccc(F)cc1. The van der Waals surface area contributed by atoms with Gasteiger partial charge in [-0.25, -0.2) is 9.37 Å². The molecular formula is C23H21F4N3O. The third-order valence-electron chi connectivity index (χ3n) is 4.63. The molecule has 0 saturated heterocycles. The largest absolute Gasteiger partial charge is 0.416 e. The lowest BCUT2D eigenvalue weighted by atomic mass is 9.98. The number of anilines is 2. The maximum Gasteiger partial charge on any atom is 0.416 e. The van der Waals surface area contributed by atoms with Crippen molar-refractivity contribution in [2.45, 2.75) is 32.5 Å². The van der Waals surface area contributed by atoms with E-state index in [1.165, 1.54) is 30.5 Å². The second kappa shape index (κ2) is 9.16. The average Bonchev–Trinajstić information content (AvgIpc) is 2.72. The minimum absolute atomic E-state index is 0.0309. The standard InChI is InChI=1S/C23H21F4N3O/c1-14(2)19-11-21(30-18-5-3-4-16(10-18)23(25,26)27)28-13-20(19)22(31)29-12-15-6-8-17(24)9-7-15/h3-11,13-14H,12H2,1-2H3,(H,28,30)(H,29,31). The average molecular weight is 431 g/mol. The molecule has 0 atom stereocenters. The number of nitrogens with zero attached hydrogens (tertiary/aromatic N) is 1. The topological polar surface area (TPSA) is 54.0 Å². The van der Waals surface area contributed by atoms with Crippen LogP contribution in [0.4, 0.5) is 29.1 Å². The zero-order chi connectivity index (χ0) is 22.6. The number of rotatable bonds is 6. The Kier molecular flexibility index (Phi) is 6.58. The monoisotopic (exact) mass is 431 g/mol. The van der Waals surface area contributed by atoms with Crippen LogP contribution < -0.4 is 10.6 Å². The van der Waals surface area contributed by atoms with Crippen LogP contribution in [0.15, 0.2) is 60.8 Å². The Hall–Kier alpha value is -3.42. The number of alkyl halides is 3. The van der Waals surface area contributed by atoms with Gasteiger partial charge in [0, 0.05) is 18.4 Å². The van der Waals surface area contributed by atoms with E-state index >= 15 is 0 Å². The molecule has 0 aliphatic heterocycles. The molecule has 0 aliphatic carbocycles. The first-order valence-electron chi connectivity index (χ1n) is 9.60. The van der Waals surface area contributed by atoms with Crippen molar-refractivity contribution < 1.29 is 22.4 Å². The van der Waals surface area contributed by atoms with Crippen molar-refractivity contribution in [3.8, 4) is 0 Å². The maximum atomic E-state index is 13.0. The third kappa shape index (κ3) is 5.81. The van der Waals surface area contributed by atoms with Gasteiger partial charge in [-0.05, 0) is 53.4 Å². The lowest BCUT2D eigenvalue weighted by molar-refractivity contribution is -0.137. The van der Waals surface area contributed by atoms with Gasteiger partial charge in [-0.15, -0.1) is 0 Å². The first kappa shape index (κ1) is 22.3. The first-order valence-corrected chi connectivity index (χ1v) is 9.60. The highest BCUT2D eigenvalue weighted by Gasteiger charge is 2.30. The van der Waals surface area contributed by atoms with Gasteiger partial charge in [-0.2, -0.15) is 13.2 Å². The Labute approximate surface area is 177 Å². The van der Waals surface area contributed by atoms with Crippen molar-refractivity contribution in [2.24, 2.45) is 0 Å². The Bertz CT molecular complexity index is 1060. The van der Waals surface area contributed by atoms with Gasteiger partial charge < -0.3 is 10.6 Å². The Morgan fingerprint density at radius 1 is 1.06 bits per heavy atom. The van der Waals surface area contributed by atoms with E-state index in [1.54, 1.807) is 18.2 Å². The summed E-state index contributed by atoms with van der Waals surface area (Å²) in [4.78, 5) is 16.9. The van der Waals surface area contributed by atoms with Crippen LogP contribution in [-0.2, 0) is 12.7 Å². The van der Waals surface area contributed by atoms with Gasteiger partial charge in [-0.3, -0.25) is 4.79 Å². The van der Waals surface area contributed by atoms with Gasteiger partial charge in [0.25, 0.3) is 5.91 Å². The smallest absolute Gasteiger partial charge is 0.348 e. The normalized spacial score (nSPS) is 11.5. The van der Waals surface area contributed by atoms with E-state index in [4.69, 9.17) is 0 Å².